The Hall–Kier alpha value is -1.30. The molecule has 0 aliphatic carbocycles. The van der Waals surface area contributed by atoms with Crippen LogP contribution < -0.4 is 9.64 Å². The summed E-state index contributed by atoms with van der Waals surface area (Å²) in [5.41, 5.74) is 1.20. The zero-order valence-corrected chi connectivity index (χ0v) is 14.0. The molecule has 2 aliphatic rings. The molecule has 5 heteroatoms. The molecule has 2 fully saturated rings. The number of para-hydroxylation sites is 2. The lowest BCUT2D eigenvalue weighted by atomic mass is 10.0. The highest BCUT2D eigenvalue weighted by Crippen LogP contribution is 2.31. The normalized spacial score (nSPS) is 24.4. The van der Waals surface area contributed by atoms with E-state index in [2.05, 4.69) is 21.9 Å². The fraction of sp³-hybridized carbons (Fsp3) is 0.667. The van der Waals surface area contributed by atoms with Crippen LogP contribution in [0.1, 0.15) is 12.8 Å². The molecule has 0 amide bonds. The van der Waals surface area contributed by atoms with Crippen molar-refractivity contribution in [2.45, 2.75) is 18.9 Å². The minimum absolute atomic E-state index is 0.219. The number of anilines is 1. The van der Waals surface area contributed by atoms with Gasteiger partial charge in [-0.05, 0) is 25.0 Å². The van der Waals surface area contributed by atoms with Gasteiger partial charge in [-0.2, -0.15) is 0 Å². The molecule has 2 heterocycles. The summed E-state index contributed by atoms with van der Waals surface area (Å²) in [4.78, 5) is 4.95. The van der Waals surface area contributed by atoms with Gasteiger partial charge in [-0.3, -0.25) is 4.90 Å². The van der Waals surface area contributed by atoms with Gasteiger partial charge in [0, 0.05) is 44.7 Å². The average Bonchev–Trinajstić information content (AvgIpc) is 2.87. The number of piperidine rings is 1. The van der Waals surface area contributed by atoms with Crippen molar-refractivity contribution in [2.75, 3.05) is 58.0 Å². The highest BCUT2D eigenvalue weighted by Gasteiger charge is 2.28. The molecule has 1 atom stereocenters. The highest BCUT2D eigenvalue weighted by molar-refractivity contribution is 5.58. The summed E-state index contributed by atoms with van der Waals surface area (Å²) in [7, 11) is 1.73. The van der Waals surface area contributed by atoms with Crippen molar-refractivity contribution in [2.24, 2.45) is 5.92 Å². The molecule has 2 saturated heterocycles. The van der Waals surface area contributed by atoms with E-state index in [9.17, 15) is 5.11 Å². The van der Waals surface area contributed by atoms with Crippen molar-refractivity contribution in [3.8, 4) is 5.75 Å². The maximum Gasteiger partial charge on any atom is 0.142 e. The van der Waals surface area contributed by atoms with Crippen LogP contribution >= 0.6 is 0 Å². The topological polar surface area (TPSA) is 45.2 Å². The third-order valence-corrected chi connectivity index (χ3v) is 5.03. The Bertz CT molecular complexity index is 489. The molecule has 128 valence electrons. The monoisotopic (exact) mass is 320 g/mol. The lowest BCUT2D eigenvalue weighted by Crippen LogP contribution is -2.47. The summed E-state index contributed by atoms with van der Waals surface area (Å²) in [5, 5.41) is 9.45. The second-order valence-electron chi connectivity index (χ2n) is 6.51. The Morgan fingerprint density at radius 1 is 1.22 bits per heavy atom. The van der Waals surface area contributed by atoms with Crippen molar-refractivity contribution in [1.82, 2.24) is 4.90 Å². The third-order valence-electron chi connectivity index (χ3n) is 5.03. The predicted molar refractivity (Wildman–Crippen MR) is 91.2 cm³/mol. The Labute approximate surface area is 138 Å². The molecule has 2 aliphatic heterocycles. The molecule has 0 unspecified atom stereocenters. The van der Waals surface area contributed by atoms with Gasteiger partial charge in [-0.25, -0.2) is 0 Å². The largest absolute Gasteiger partial charge is 0.495 e. The quantitative estimate of drug-likeness (QED) is 0.913. The van der Waals surface area contributed by atoms with Crippen LogP contribution in [0.2, 0.25) is 0 Å². The van der Waals surface area contributed by atoms with Crippen molar-refractivity contribution in [1.29, 1.82) is 0 Å². The average molecular weight is 320 g/mol. The van der Waals surface area contributed by atoms with Gasteiger partial charge >= 0.3 is 0 Å². The molecule has 0 aromatic heterocycles. The molecule has 0 saturated carbocycles. The number of nitrogens with zero attached hydrogens (tertiary/aromatic N) is 2. The number of aliphatic hydroxyl groups is 1. The summed E-state index contributed by atoms with van der Waals surface area (Å²) in [6.07, 6.45) is 2.30. The van der Waals surface area contributed by atoms with Gasteiger partial charge in [-0.1, -0.05) is 12.1 Å². The first-order chi connectivity index (χ1) is 11.3. The molecule has 0 bridgehead atoms. The summed E-state index contributed by atoms with van der Waals surface area (Å²) in [5.74, 6) is 1.21. The summed E-state index contributed by atoms with van der Waals surface area (Å²) in [6.45, 7) is 5.72. The van der Waals surface area contributed by atoms with E-state index in [1.807, 2.05) is 12.1 Å². The Morgan fingerprint density at radius 3 is 2.74 bits per heavy atom. The Morgan fingerprint density at radius 2 is 2.00 bits per heavy atom. The van der Waals surface area contributed by atoms with Crippen LogP contribution in [0.4, 0.5) is 5.69 Å². The van der Waals surface area contributed by atoms with Gasteiger partial charge in [0.2, 0.25) is 0 Å². The SMILES string of the molecule is COc1ccccc1N1CCC(N2CCOC[C@H](CO)C2)CC1. The number of ether oxygens (including phenoxy) is 2. The molecule has 0 radical (unpaired) electrons. The summed E-state index contributed by atoms with van der Waals surface area (Å²) >= 11 is 0. The van der Waals surface area contributed by atoms with Crippen LogP contribution in [0.5, 0.6) is 5.75 Å². The predicted octanol–water partition coefficient (Wildman–Crippen LogP) is 1.60. The molecule has 5 nitrogen and oxygen atoms in total. The van der Waals surface area contributed by atoms with E-state index in [0.717, 1.165) is 51.4 Å². The lowest BCUT2D eigenvalue weighted by Gasteiger charge is -2.39. The van der Waals surface area contributed by atoms with Crippen LogP contribution in [-0.4, -0.2) is 69.2 Å². The molecule has 1 N–H and O–H groups in total. The van der Waals surface area contributed by atoms with Crippen LogP contribution in [0.25, 0.3) is 0 Å². The van der Waals surface area contributed by atoms with Crippen LogP contribution in [0.3, 0.4) is 0 Å². The lowest BCUT2D eigenvalue weighted by molar-refractivity contribution is 0.0955. The van der Waals surface area contributed by atoms with Crippen molar-refractivity contribution >= 4 is 5.69 Å². The molecular formula is C18H28N2O3. The fourth-order valence-electron chi connectivity index (χ4n) is 3.71. The van der Waals surface area contributed by atoms with Crippen molar-refractivity contribution in [3.63, 3.8) is 0 Å². The molecule has 3 rings (SSSR count). The van der Waals surface area contributed by atoms with Gasteiger partial charge in [0.25, 0.3) is 0 Å². The number of hydrogen-bond donors (Lipinski definition) is 1. The zero-order valence-electron chi connectivity index (χ0n) is 14.0. The van der Waals surface area contributed by atoms with Gasteiger partial charge in [0.1, 0.15) is 5.75 Å². The van der Waals surface area contributed by atoms with Gasteiger partial charge < -0.3 is 19.5 Å². The van der Waals surface area contributed by atoms with E-state index in [1.54, 1.807) is 7.11 Å². The smallest absolute Gasteiger partial charge is 0.142 e. The fourth-order valence-corrected chi connectivity index (χ4v) is 3.71. The van der Waals surface area contributed by atoms with E-state index in [1.165, 1.54) is 5.69 Å². The second-order valence-corrected chi connectivity index (χ2v) is 6.51. The molecule has 1 aromatic rings. The first-order valence-electron chi connectivity index (χ1n) is 8.62. The Kier molecular flexibility index (Phi) is 5.75. The van der Waals surface area contributed by atoms with Crippen LogP contribution in [0, 0.1) is 5.92 Å². The number of benzene rings is 1. The molecular weight excluding hydrogens is 292 g/mol. The van der Waals surface area contributed by atoms with Crippen molar-refractivity contribution in [3.05, 3.63) is 24.3 Å². The third kappa shape index (κ3) is 3.97. The standard InChI is InChI=1S/C18H28N2O3/c1-22-18-5-3-2-4-17(18)19-8-6-16(7-9-19)20-10-11-23-14-15(12-20)13-21/h2-5,15-16,21H,6-14H2,1H3/t15-/m0/s1. The van der Waals surface area contributed by atoms with Gasteiger partial charge in [0.15, 0.2) is 0 Å². The number of aliphatic hydroxyl groups excluding tert-OH is 1. The van der Waals surface area contributed by atoms with Crippen molar-refractivity contribution < 1.29 is 14.6 Å². The van der Waals surface area contributed by atoms with Gasteiger partial charge in [0.05, 0.1) is 26.0 Å². The first-order valence-corrected chi connectivity index (χ1v) is 8.62. The number of hydrogen-bond acceptors (Lipinski definition) is 5. The Balaban J connectivity index is 1.59. The van der Waals surface area contributed by atoms with Crippen LogP contribution in [0.15, 0.2) is 24.3 Å². The molecule has 1 aromatic carbocycles. The maximum absolute atomic E-state index is 9.45. The summed E-state index contributed by atoms with van der Waals surface area (Å²) < 4.78 is 11.1. The number of rotatable bonds is 4. The summed E-state index contributed by atoms with van der Waals surface area (Å²) in [6, 6.07) is 8.85. The van der Waals surface area contributed by atoms with E-state index in [-0.39, 0.29) is 12.5 Å². The van der Waals surface area contributed by atoms with E-state index in [0.29, 0.717) is 12.6 Å². The molecule has 23 heavy (non-hydrogen) atoms. The maximum atomic E-state index is 9.45. The first kappa shape index (κ1) is 16.6. The van der Waals surface area contributed by atoms with Gasteiger partial charge in [-0.15, -0.1) is 0 Å². The highest BCUT2D eigenvalue weighted by atomic mass is 16.5. The molecule has 0 spiro atoms. The van der Waals surface area contributed by atoms with E-state index < -0.39 is 0 Å². The van der Waals surface area contributed by atoms with E-state index in [4.69, 9.17) is 9.47 Å². The minimum Gasteiger partial charge on any atom is -0.495 e. The zero-order chi connectivity index (χ0) is 16.1. The van der Waals surface area contributed by atoms with Crippen LogP contribution in [-0.2, 0) is 4.74 Å². The minimum atomic E-state index is 0.219. The second kappa shape index (κ2) is 7.99. The number of methoxy groups -OCH3 is 1. The van der Waals surface area contributed by atoms with E-state index >= 15 is 0 Å².